The fourth-order valence-electron chi connectivity index (χ4n) is 1.75. The molecule has 0 spiro atoms. The van der Waals surface area contributed by atoms with Crippen LogP contribution in [-0.2, 0) is 0 Å². The number of hydrogen-bond donors (Lipinski definition) is 2. The molecular formula is C13H21NOS. The van der Waals surface area contributed by atoms with E-state index in [1.54, 1.807) is 7.11 Å². The number of hydrogen-bond acceptors (Lipinski definition) is 3. The third-order valence-corrected chi connectivity index (χ3v) is 2.96. The first-order valence-electron chi connectivity index (χ1n) is 5.77. The van der Waals surface area contributed by atoms with Crippen LogP contribution in [0.4, 0.5) is 0 Å². The van der Waals surface area contributed by atoms with Crippen molar-refractivity contribution in [2.24, 2.45) is 0 Å². The van der Waals surface area contributed by atoms with Crippen LogP contribution in [0.3, 0.4) is 0 Å². The van der Waals surface area contributed by atoms with Gasteiger partial charge in [-0.3, -0.25) is 0 Å². The quantitative estimate of drug-likeness (QED) is 0.564. The van der Waals surface area contributed by atoms with E-state index in [-0.39, 0.29) is 0 Å². The fraction of sp³-hybridized carbons (Fsp3) is 0.538. The van der Waals surface area contributed by atoms with Crippen molar-refractivity contribution in [3.63, 3.8) is 0 Å². The van der Waals surface area contributed by atoms with Gasteiger partial charge < -0.3 is 10.1 Å². The third kappa shape index (κ3) is 4.06. The van der Waals surface area contributed by atoms with Gasteiger partial charge >= 0.3 is 0 Å². The van der Waals surface area contributed by atoms with E-state index in [9.17, 15) is 0 Å². The molecule has 0 amide bonds. The molecule has 16 heavy (non-hydrogen) atoms. The Morgan fingerprint density at radius 1 is 1.44 bits per heavy atom. The number of methoxy groups -OCH3 is 1. The van der Waals surface area contributed by atoms with Crippen molar-refractivity contribution >= 4 is 12.6 Å². The fourth-order valence-corrected chi connectivity index (χ4v) is 1.91. The van der Waals surface area contributed by atoms with E-state index < -0.39 is 0 Å². The van der Waals surface area contributed by atoms with Gasteiger partial charge in [0.1, 0.15) is 5.75 Å². The first kappa shape index (κ1) is 13.4. The highest BCUT2D eigenvalue weighted by Gasteiger charge is 2.09. The second-order valence-corrected chi connectivity index (χ2v) is 4.26. The minimum Gasteiger partial charge on any atom is -0.497 e. The molecule has 3 heteroatoms. The van der Waals surface area contributed by atoms with Gasteiger partial charge in [0.25, 0.3) is 0 Å². The van der Waals surface area contributed by atoms with Crippen LogP contribution >= 0.6 is 12.6 Å². The molecule has 0 fully saturated rings. The highest BCUT2D eigenvalue weighted by molar-refractivity contribution is 7.80. The molecule has 0 aromatic heterocycles. The summed E-state index contributed by atoms with van der Waals surface area (Å²) in [5.41, 5.74) is 1.34. The lowest BCUT2D eigenvalue weighted by atomic mass is 9.96. The Bertz CT molecular complexity index is 304. The van der Waals surface area contributed by atoms with Crippen LogP contribution in [0.1, 0.15) is 24.8 Å². The number of rotatable bonds is 7. The van der Waals surface area contributed by atoms with Gasteiger partial charge in [-0.25, -0.2) is 0 Å². The normalized spacial score (nSPS) is 12.4. The number of nitrogens with one attached hydrogen (secondary N) is 1. The molecule has 0 heterocycles. The minimum atomic E-state index is 0.551. The number of thiol groups is 1. The van der Waals surface area contributed by atoms with Gasteiger partial charge in [-0.1, -0.05) is 19.1 Å². The minimum absolute atomic E-state index is 0.551. The molecule has 0 bridgehead atoms. The van der Waals surface area contributed by atoms with E-state index in [1.807, 2.05) is 6.07 Å². The van der Waals surface area contributed by atoms with Crippen molar-refractivity contribution in [2.75, 3.05) is 26.0 Å². The first-order valence-corrected chi connectivity index (χ1v) is 6.40. The predicted molar refractivity (Wildman–Crippen MR) is 72.7 cm³/mol. The lowest BCUT2D eigenvalue weighted by Gasteiger charge is -2.16. The molecule has 1 aromatic carbocycles. The maximum atomic E-state index is 5.24. The molecule has 0 aliphatic heterocycles. The van der Waals surface area contributed by atoms with Crippen LogP contribution < -0.4 is 10.1 Å². The van der Waals surface area contributed by atoms with Gasteiger partial charge in [0.15, 0.2) is 0 Å². The number of ether oxygens (including phenoxy) is 1. The van der Waals surface area contributed by atoms with Crippen molar-refractivity contribution in [3.8, 4) is 5.75 Å². The van der Waals surface area contributed by atoms with Crippen molar-refractivity contribution in [3.05, 3.63) is 29.8 Å². The molecule has 2 nitrogen and oxygen atoms in total. The third-order valence-electron chi connectivity index (χ3n) is 2.74. The second kappa shape index (κ2) is 7.58. The van der Waals surface area contributed by atoms with Gasteiger partial charge in [-0.15, -0.1) is 0 Å². The van der Waals surface area contributed by atoms with E-state index in [2.05, 4.69) is 43.1 Å². The van der Waals surface area contributed by atoms with Crippen molar-refractivity contribution in [1.82, 2.24) is 5.32 Å². The maximum Gasteiger partial charge on any atom is 0.119 e. The number of benzene rings is 1. The first-order chi connectivity index (χ1) is 7.81. The summed E-state index contributed by atoms with van der Waals surface area (Å²) in [5.74, 6) is 2.37. The largest absolute Gasteiger partial charge is 0.497 e. The summed E-state index contributed by atoms with van der Waals surface area (Å²) < 4.78 is 5.24. The van der Waals surface area contributed by atoms with Crippen LogP contribution in [-0.4, -0.2) is 26.0 Å². The average molecular weight is 239 g/mol. The van der Waals surface area contributed by atoms with E-state index >= 15 is 0 Å². The Morgan fingerprint density at radius 3 is 2.88 bits per heavy atom. The monoisotopic (exact) mass is 239 g/mol. The molecule has 0 saturated heterocycles. The van der Waals surface area contributed by atoms with Crippen molar-refractivity contribution in [1.29, 1.82) is 0 Å². The molecule has 90 valence electrons. The molecule has 0 saturated carbocycles. The maximum absolute atomic E-state index is 5.24. The zero-order valence-corrected chi connectivity index (χ0v) is 11.0. The van der Waals surface area contributed by atoms with Crippen LogP contribution in [0.2, 0.25) is 0 Å². The van der Waals surface area contributed by atoms with Gasteiger partial charge in [0.05, 0.1) is 7.11 Å². The van der Waals surface area contributed by atoms with Crippen LogP contribution in [0.5, 0.6) is 5.75 Å². The summed E-state index contributed by atoms with van der Waals surface area (Å²) in [6.45, 7) is 4.18. The Hall–Kier alpha value is -0.670. The smallest absolute Gasteiger partial charge is 0.119 e. The lowest BCUT2D eigenvalue weighted by Crippen LogP contribution is -2.23. The summed E-state index contributed by atoms with van der Waals surface area (Å²) >= 11 is 4.19. The second-order valence-electron chi connectivity index (χ2n) is 3.81. The summed E-state index contributed by atoms with van der Waals surface area (Å²) in [5, 5.41) is 3.40. The van der Waals surface area contributed by atoms with E-state index in [0.29, 0.717) is 5.92 Å². The van der Waals surface area contributed by atoms with Gasteiger partial charge in [0.2, 0.25) is 0 Å². The highest BCUT2D eigenvalue weighted by Crippen LogP contribution is 2.22. The Balaban J connectivity index is 2.62. The zero-order chi connectivity index (χ0) is 11.8. The van der Waals surface area contributed by atoms with Crippen LogP contribution in [0.15, 0.2) is 24.3 Å². The molecule has 0 radical (unpaired) electrons. The molecular weight excluding hydrogens is 218 g/mol. The van der Waals surface area contributed by atoms with Gasteiger partial charge in [-0.2, -0.15) is 12.6 Å². The molecule has 0 unspecified atom stereocenters. The van der Waals surface area contributed by atoms with E-state index in [4.69, 9.17) is 4.74 Å². The molecule has 1 atom stereocenters. The Kier molecular flexibility index (Phi) is 6.34. The predicted octanol–water partition coefficient (Wildman–Crippen LogP) is 2.71. The highest BCUT2D eigenvalue weighted by atomic mass is 32.1. The van der Waals surface area contributed by atoms with E-state index in [1.165, 1.54) is 5.56 Å². The Morgan fingerprint density at radius 2 is 2.25 bits per heavy atom. The molecule has 0 aliphatic rings. The summed E-state index contributed by atoms with van der Waals surface area (Å²) in [6.07, 6.45) is 1.13. The van der Waals surface area contributed by atoms with Crippen molar-refractivity contribution < 1.29 is 4.74 Å². The summed E-state index contributed by atoms with van der Waals surface area (Å²) in [7, 11) is 1.71. The SMILES string of the molecule is CC[C@H](CNCCS)c1cccc(OC)c1. The standard InChI is InChI=1S/C13H21NOS/c1-3-11(10-14-7-8-16)12-5-4-6-13(9-12)15-2/h4-6,9,11,14,16H,3,7-8,10H2,1-2H3/t11-/m1/s1. The van der Waals surface area contributed by atoms with Gasteiger partial charge in [-0.05, 0) is 30.0 Å². The molecule has 1 N–H and O–H groups in total. The van der Waals surface area contributed by atoms with Gasteiger partial charge in [0, 0.05) is 18.8 Å². The van der Waals surface area contributed by atoms with Crippen molar-refractivity contribution in [2.45, 2.75) is 19.3 Å². The van der Waals surface area contributed by atoms with Crippen LogP contribution in [0.25, 0.3) is 0 Å². The Labute approximate surface area is 104 Å². The zero-order valence-electron chi connectivity index (χ0n) is 10.1. The summed E-state index contributed by atoms with van der Waals surface area (Å²) in [4.78, 5) is 0. The topological polar surface area (TPSA) is 21.3 Å². The summed E-state index contributed by atoms with van der Waals surface area (Å²) in [6, 6.07) is 8.32. The molecule has 1 rings (SSSR count). The van der Waals surface area contributed by atoms with Crippen LogP contribution in [0, 0.1) is 0 Å². The average Bonchev–Trinajstić information content (AvgIpc) is 2.35. The lowest BCUT2D eigenvalue weighted by molar-refractivity contribution is 0.413. The molecule has 1 aromatic rings. The van der Waals surface area contributed by atoms with E-state index in [0.717, 1.165) is 31.0 Å². The molecule has 0 aliphatic carbocycles.